The van der Waals surface area contributed by atoms with Gasteiger partial charge >= 0.3 is 23.8 Å². The Balaban J connectivity index is 0.000000243. The first-order valence-electron chi connectivity index (χ1n) is 17.4. The second kappa shape index (κ2) is 19.8. The van der Waals surface area contributed by atoms with Crippen molar-refractivity contribution in [3.63, 3.8) is 0 Å². The molecule has 2 fully saturated rings. The molecule has 2 aliphatic carbocycles. The van der Waals surface area contributed by atoms with Gasteiger partial charge in [-0.1, -0.05) is 14.9 Å². The highest BCUT2D eigenvalue weighted by Gasteiger charge is 2.41. The number of aromatic nitrogens is 10. The Hall–Kier alpha value is -5.63. The fourth-order valence-corrected chi connectivity index (χ4v) is 4.94. The van der Waals surface area contributed by atoms with Gasteiger partial charge < -0.3 is 19.3 Å². The summed E-state index contributed by atoms with van der Waals surface area (Å²) >= 11 is 4.94. The topological polar surface area (TPSA) is 160 Å². The zero-order chi connectivity index (χ0) is 44.3. The van der Waals surface area contributed by atoms with Crippen LogP contribution < -0.4 is 9.47 Å². The van der Waals surface area contributed by atoms with Gasteiger partial charge in [0, 0.05) is 42.5 Å². The van der Waals surface area contributed by atoms with Crippen LogP contribution in [0.1, 0.15) is 52.2 Å². The number of rotatable bonds is 12. The van der Waals surface area contributed by atoms with Gasteiger partial charge in [0.15, 0.2) is 36.1 Å². The average molecular weight is 935 g/mol. The molecule has 0 aromatic carbocycles. The van der Waals surface area contributed by atoms with Crippen LogP contribution in [0.2, 0.25) is 0 Å². The SMILES string of the molecule is C.C.Fc1cc(-c2cn3c(C(F)(F)Cl)nnc3cn2)cnc1OCC(F)(F)F.Fc1cc(-c2cn3c(C(F)(F)OCC4CC4)nnc3cn2)cnc1OCC(F)(F)F.OCC1CC1. The van der Waals surface area contributed by atoms with Crippen LogP contribution in [0.3, 0.4) is 0 Å². The van der Waals surface area contributed by atoms with Gasteiger partial charge in [-0.05, 0) is 61.3 Å². The fraction of sp³-hybridized carbons (Fsp3) is 0.444. The number of pyridine rings is 2. The third-order valence-corrected chi connectivity index (χ3v) is 8.37. The molecular weight excluding hydrogens is 900 g/mol. The number of aliphatic hydroxyl groups excluding tert-OH is 1. The zero-order valence-corrected chi connectivity index (χ0v) is 31.2. The number of hydrogen-bond acceptors (Lipinski definition) is 12. The van der Waals surface area contributed by atoms with Gasteiger partial charge in [0.05, 0.1) is 30.4 Å². The van der Waals surface area contributed by atoms with E-state index in [1.54, 1.807) is 0 Å². The van der Waals surface area contributed by atoms with E-state index >= 15 is 0 Å². The highest BCUT2D eigenvalue weighted by atomic mass is 35.5. The lowest BCUT2D eigenvalue weighted by atomic mass is 10.2. The molecule has 6 heterocycles. The molecule has 0 unspecified atom stereocenters. The number of ether oxygens (including phenoxy) is 3. The van der Waals surface area contributed by atoms with Gasteiger partial charge in [0.2, 0.25) is 11.6 Å². The molecule has 6 aromatic rings. The lowest BCUT2D eigenvalue weighted by Gasteiger charge is -2.15. The summed E-state index contributed by atoms with van der Waals surface area (Å²) in [6, 6.07) is 1.63. The lowest BCUT2D eigenvalue weighted by Crippen LogP contribution is -2.23. The minimum atomic E-state index is -4.66. The van der Waals surface area contributed by atoms with Crippen LogP contribution in [-0.4, -0.2) is 93.0 Å². The van der Waals surface area contributed by atoms with Crippen LogP contribution >= 0.6 is 11.6 Å². The Morgan fingerprint density at radius 3 is 1.41 bits per heavy atom. The standard InChI is InChI=1S/C17H13F6N5O2.C13H6ClF6N5O.C4H8O.2CH4/c18-11-3-10(4-25-14(11)29-8-16(19,20)21)12-6-28-13(5-24-12)26-27-15(28)17(22,23)30-7-9-1-2-9;14-13(19,20)11-24-23-9-3-21-8(4-25(9)11)6-1-7(15)10(22-2-6)26-5-12(16,17)18;5-3-4-1-2-4;;/h3-6,9H,1-2,7-8H2;1-4H,5H2;4-5H,1-3H2;2*1H4. The molecule has 0 spiro atoms. The average Bonchev–Trinajstić information content (AvgIpc) is 4.12. The van der Waals surface area contributed by atoms with Crippen molar-refractivity contribution in [3.05, 3.63) is 72.6 Å². The second-order valence-electron chi connectivity index (χ2n) is 13.3. The van der Waals surface area contributed by atoms with Crippen LogP contribution in [0.4, 0.5) is 52.7 Å². The molecule has 63 heavy (non-hydrogen) atoms. The van der Waals surface area contributed by atoms with Crippen molar-refractivity contribution in [2.24, 2.45) is 11.8 Å². The van der Waals surface area contributed by atoms with E-state index in [0.717, 1.165) is 71.0 Å². The van der Waals surface area contributed by atoms with E-state index in [-0.39, 0.29) is 61.2 Å². The summed E-state index contributed by atoms with van der Waals surface area (Å²) in [4.78, 5) is 14.8. The highest BCUT2D eigenvalue weighted by molar-refractivity contribution is 6.21. The van der Waals surface area contributed by atoms with E-state index in [9.17, 15) is 52.7 Å². The number of fused-ring (bicyclic) bond motifs is 2. The molecule has 0 aliphatic heterocycles. The smallest absolute Gasteiger partial charge is 0.422 e. The Morgan fingerprint density at radius 1 is 0.619 bits per heavy atom. The molecule has 2 saturated carbocycles. The van der Waals surface area contributed by atoms with Crippen LogP contribution in [0, 0.1) is 23.5 Å². The predicted molar refractivity (Wildman–Crippen MR) is 197 cm³/mol. The fourth-order valence-electron chi connectivity index (χ4n) is 4.81. The Kier molecular flexibility index (Phi) is 15.7. The third kappa shape index (κ3) is 13.7. The maximum Gasteiger partial charge on any atom is 0.422 e. The van der Waals surface area contributed by atoms with Gasteiger partial charge in [-0.25, -0.2) is 18.7 Å². The van der Waals surface area contributed by atoms with Gasteiger partial charge in [0.25, 0.3) is 11.8 Å². The van der Waals surface area contributed by atoms with E-state index < -0.39 is 72.1 Å². The number of nitrogens with zero attached hydrogens (tertiary/aromatic N) is 10. The van der Waals surface area contributed by atoms with E-state index in [4.69, 9.17) is 16.7 Å². The Labute approximate surface area is 353 Å². The lowest BCUT2D eigenvalue weighted by molar-refractivity contribution is -0.256. The summed E-state index contributed by atoms with van der Waals surface area (Å²) in [5.41, 5.74) is -0.0230. The molecule has 27 heteroatoms. The van der Waals surface area contributed by atoms with E-state index in [1.165, 1.54) is 12.8 Å². The first kappa shape index (κ1) is 50.0. The van der Waals surface area contributed by atoms with Crippen molar-refractivity contribution in [1.29, 1.82) is 0 Å². The van der Waals surface area contributed by atoms with Crippen molar-refractivity contribution in [2.45, 2.75) is 64.4 Å². The minimum Gasteiger partial charge on any atom is -0.466 e. The maximum atomic E-state index is 14.4. The molecule has 344 valence electrons. The summed E-state index contributed by atoms with van der Waals surface area (Å²) in [7, 11) is 0. The molecule has 0 radical (unpaired) electrons. The molecule has 0 saturated heterocycles. The minimum absolute atomic E-state index is 0. The van der Waals surface area contributed by atoms with Gasteiger partial charge in [-0.2, -0.15) is 43.9 Å². The number of alkyl halides is 11. The molecule has 1 N–H and O–H groups in total. The summed E-state index contributed by atoms with van der Waals surface area (Å²) in [6.07, 6.45) is -2.45. The van der Waals surface area contributed by atoms with Gasteiger partial charge in [0.1, 0.15) is 0 Å². The van der Waals surface area contributed by atoms with Crippen LogP contribution in [0.25, 0.3) is 33.8 Å². The molecule has 0 bridgehead atoms. The highest BCUT2D eigenvalue weighted by Crippen LogP contribution is 2.36. The Bertz CT molecular complexity index is 2460. The summed E-state index contributed by atoms with van der Waals surface area (Å²) in [6.45, 7) is -3.12. The van der Waals surface area contributed by atoms with Crippen molar-refractivity contribution in [1.82, 2.24) is 49.1 Å². The van der Waals surface area contributed by atoms with Crippen molar-refractivity contribution < 1.29 is 72.0 Å². The first-order valence-corrected chi connectivity index (χ1v) is 17.8. The predicted octanol–water partition coefficient (Wildman–Crippen LogP) is 8.96. The second-order valence-corrected chi connectivity index (χ2v) is 13.7. The molecule has 0 atom stereocenters. The van der Waals surface area contributed by atoms with Crippen LogP contribution in [0.5, 0.6) is 11.8 Å². The largest absolute Gasteiger partial charge is 0.466 e. The zero-order valence-electron chi connectivity index (χ0n) is 30.5. The first-order chi connectivity index (χ1) is 28.6. The van der Waals surface area contributed by atoms with Gasteiger partial charge in [-0.15, -0.1) is 20.4 Å². The number of aliphatic hydroxyl groups is 1. The summed E-state index contributed by atoms with van der Waals surface area (Å²) < 4.78 is 171. The van der Waals surface area contributed by atoms with Crippen LogP contribution in [-0.2, 0) is 16.2 Å². The normalized spacial score (nSPS) is 14.2. The monoisotopic (exact) mass is 934 g/mol. The molecule has 0 amide bonds. The molecular formula is C36H35ClF12N10O4. The Morgan fingerprint density at radius 2 is 1.05 bits per heavy atom. The molecule has 8 rings (SSSR count). The van der Waals surface area contributed by atoms with E-state index in [1.807, 2.05) is 0 Å². The molecule has 6 aromatic heterocycles. The maximum absolute atomic E-state index is 14.4. The summed E-state index contributed by atoms with van der Waals surface area (Å²) in [5.74, 6) is -4.92. The number of hydrogen-bond donors (Lipinski definition) is 1. The quantitative estimate of drug-likeness (QED) is 0.0919. The van der Waals surface area contributed by atoms with Crippen LogP contribution in [0.15, 0.2) is 49.3 Å². The van der Waals surface area contributed by atoms with E-state index in [0.29, 0.717) is 12.5 Å². The van der Waals surface area contributed by atoms with Crippen molar-refractivity contribution in [2.75, 3.05) is 26.4 Å². The molecule has 2 aliphatic rings. The summed E-state index contributed by atoms with van der Waals surface area (Å²) in [5, 5.41) is 18.2. The number of halogens is 13. The third-order valence-electron chi connectivity index (χ3n) is 8.20. The van der Waals surface area contributed by atoms with Crippen molar-refractivity contribution in [3.8, 4) is 34.3 Å². The van der Waals surface area contributed by atoms with E-state index in [2.05, 4.69) is 54.5 Å². The van der Waals surface area contributed by atoms with Crippen molar-refractivity contribution >= 4 is 22.9 Å². The van der Waals surface area contributed by atoms with Gasteiger partial charge in [-0.3, -0.25) is 18.8 Å². The molecule has 14 nitrogen and oxygen atoms in total.